The van der Waals surface area contributed by atoms with Crippen LogP contribution in [0.5, 0.6) is 5.75 Å². The number of rotatable bonds is 8. The van der Waals surface area contributed by atoms with E-state index in [4.69, 9.17) is 0 Å². The van der Waals surface area contributed by atoms with Crippen molar-refractivity contribution in [2.75, 3.05) is 6.54 Å². The number of para-hydroxylation sites is 2. The van der Waals surface area contributed by atoms with Gasteiger partial charge in [-0.2, -0.15) is 8.78 Å². The third kappa shape index (κ3) is 6.21. The summed E-state index contributed by atoms with van der Waals surface area (Å²) >= 11 is 0. The van der Waals surface area contributed by atoms with Gasteiger partial charge in [0.1, 0.15) is 5.75 Å². The highest BCUT2D eigenvalue weighted by molar-refractivity contribution is 5.79. The van der Waals surface area contributed by atoms with Crippen molar-refractivity contribution in [3.8, 4) is 5.75 Å². The summed E-state index contributed by atoms with van der Waals surface area (Å²) in [5.74, 6) is 0.466. The predicted molar refractivity (Wildman–Crippen MR) is 97.8 cm³/mol. The normalized spacial score (nSPS) is 11.3. The van der Waals surface area contributed by atoms with Gasteiger partial charge in [0.15, 0.2) is 5.96 Å². The van der Waals surface area contributed by atoms with Crippen LogP contribution in [0.3, 0.4) is 0 Å². The van der Waals surface area contributed by atoms with Gasteiger partial charge >= 0.3 is 6.61 Å². The Labute approximate surface area is 155 Å². The number of aliphatic imine (C=N–C) groups is 1. The number of alkyl halides is 2. The molecular weight excluding hydrogens is 358 g/mol. The largest absolute Gasteiger partial charge is 0.434 e. The molecule has 2 aromatic carbocycles. The molecule has 0 aliphatic carbocycles. The summed E-state index contributed by atoms with van der Waals surface area (Å²) in [6.07, 6.45) is 0. The van der Waals surface area contributed by atoms with E-state index in [1.807, 2.05) is 6.92 Å². The molecule has 0 saturated carbocycles. The first-order valence-corrected chi connectivity index (χ1v) is 8.28. The topological polar surface area (TPSA) is 88.8 Å². The number of nitrogens with zero attached hydrogens (tertiary/aromatic N) is 2. The third-order valence-electron chi connectivity index (χ3n) is 3.57. The second kappa shape index (κ2) is 10.0. The van der Waals surface area contributed by atoms with Crippen molar-refractivity contribution >= 4 is 11.6 Å². The van der Waals surface area contributed by atoms with Gasteiger partial charge in [-0.05, 0) is 13.0 Å². The van der Waals surface area contributed by atoms with E-state index in [1.165, 1.54) is 12.1 Å². The Balaban J connectivity index is 2.11. The van der Waals surface area contributed by atoms with Crippen molar-refractivity contribution in [2.45, 2.75) is 26.6 Å². The van der Waals surface area contributed by atoms with E-state index >= 15 is 0 Å². The third-order valence-corrected chi connectivity index (χ3v) is 3.57. The number of guanidine groups is 1. The summed E-state index contributed by atoms with van der Waals surface area (Å²) in [7, 11) is 0. The fourth-order valence-corrected chi connectivity index (χ4v) is 2.37. The van der Waals surface area contributed by atoms with Crippen LogP contribution in [-0.2, 0) is 13.1 Å². The van der Waals surface area contributed by atoms with Gasteiger partial charge in [0.25, 0.3) is 5.69 Å². The number of hydrogen-bond donors (Lipinski definition) is 2. The lowest BCUT2D eigenvalue weighted by Crippen LogP contribution is -2.36. The minimum atomic E-state index is -2.92. The predicted octanol–water partition coefficient (Wildman–Crippen LogP) is 3.45. The summed E-state index contributed by atoms with van der Waals surface area (Å²) in [4.78, 5) is 15.0. The second-order valence-electron chi connectivity index (χ2n) is 5.42. The lowest BCUT2D eigenvalue weighted by Gasteiger charge is -2.13. The molecule has 0 aliphatic rings. The fourth-order valence-electron chi connectivity index (χ4n) is 2.37. The first-order chi connectivity index (χ1) is 13.0. The highest BCUT2D eigenvalue weighted by atomic mass is 19.3. The summed E-state index contributed by atoms with van der Waals surface area (Å²) in [5, 5.41) is 17.1. The Morgan fingerprint density at radius 3 is 2.48 bits per heavy atom. The number of nitrogens with one attached hydrogen (secondary N) is 2. The zero-order valence-corrected chi connectivity index (χ0v) is 14.7. The quantitative estimate of drug-likeness (QED) is 0.318. The summed E-state index contributed by atoms with van der Waals surface area (Å²) in [5.41, 5.74) is 1.02. The average Bonchev–Trinajstić information content (AvgIpc) is 2.64. The van der Waals surface area contributed by atoms with Crippen LogP contribution in [-0.4, -0.2) is 24.0 Å². The van der Waals surface area contributed by atoms with E-state index in [1.54, 1.807) is 36.4 Å². The van der Waals surface area contributed by atoms with Crippen molar-refractivity contribution in [1.29, 1.82) is 0 Å². The molecule has 0 bridgehead atoms. The first-order valence-electron chi connectivity index (χ1n) is 8.28. The lowest BCUT2D eigenvalue weighted by molar-refractivity contribution is -0.385. The molecule has 0 radical (unpaired) electrons. The molecule has 0 atom stereocenters. The molecule has 0 heterocycles. The molecule has 0 amide bonds. The first kappa shape index (κ1) is 20.1. The van der Waals surface area contributed by atoms with Gasteiger partial charge in [-0.25, -0.2) is 4.99 Å². The van der Waals surface area contributed by atoms with Crippen molar-refractivity contribution in [1.82, 2.24) is 10.6 Å². The summed E-state index contributed by atoms with van der Waals surface area (Å²) in [6, 6.07) is 12.8. The van der Waals surface area contributed by atoms with Gasteiger partial charge in [-0.1, -0.05) is 36.4 Å². The maximum atomic E-state index is 12.5. The van der Waals surface area contributed by atoms with Crippen molar-refractivity contribution < 1.29 is 18.4 Å². The second-order valence-corrected chi connectivity index (χ2v) is 5.42. The molecule has 0 saturated heterocycles. The molecule has 144 valence electrons. The Kier molecular flexibility index (Phi) is 7.48. The number of benzene rings is 2. The monoisotopic (exact) mass is 378 g/mol. The molecule has 0 fully saturated rings. The van der Waals surface area contributed by atoms with Crippen LogP contribution >= 0.6 is 0 Å². The lowest BCUT2D eigenvalue weighted by atomic mass is 10.2. The Morgan fingerprint density at radius 2 is 1.81 bits per heavy atom. The van der Waals surface area contributed by atoms with E-state index in [0.717, 1.165) is 0 Å². The number of halogens is 2. The van der Waals surface area contributed by atoms with E-state index in [9.17, 15) is 18.9 Å². The number of ether oxygens (including phenoxy) is 1. The van der Waals surface area contributed by atoms with Gasteiger partial charge in [-0.15, -0.1) is 0 Å². The van der Waals surface area contributed by atoms with Crippen LogP contribution in [0.1, 0.15) is 18.1 Å². The zero-order chi connectivity index (χ0) is 19.6. The molecule has 27 heavy (non-hydrogen) atoms. The van der Waals surface area contributed by atoms with E-state index < -0.39 is 11.5 Å². The molecule has 2 N–H and O–H groups in total. The maximum Gasteiger partial charge on any atom is 0.387 e. The van der Waals surface area contributed by atoms with E-state index in [2.05, 4.69) is 20.4 Å². The number of hydrogen-bond acceptors (Lipinski definition) is 4. The summed E-state index contributed by atoms with van der Waals surface area (Å²) in [6.45, 7) is -0.179. The summed E-state index contributed by atoms with van der Waals surface area (Å²) < 4.78 is 29.5. The molecule has 7 nitrogen and oxygen atoms in total. The molecule has 0 spiro atoms. The minimum Gasteiger partial charge on any atom is -0.434 e. The van der Waals surface area contributed by atoms with Crippen LogP contribution < -0.4 is 15.4 Å². The maximum absolute atomic E-state index is 12.5. The highest BCUT2D eigenvalue weighted by Gasteiger charge is 2.13. The van der Waals surface area contributed by atoms with Gasteiger partial charge in [0, 0.05) is 30.3 Å². The standard InChI is InChI=1S/C18H20F2N4O3/c1-2-21-18(22-11-13-7-3-5-9-15(13)24(25)26)23-12-14-8-4-6-10-16(14)27-17(19)20/h3-10,17H,2,11-12H2,1H3,(H2,21,22,23). The van der Waals surface area contributed by atoms with E-state index in [0.29, 0.717) is 23.6 Å². The molecule has 0 aromatic heterocycles. The fraction of sp³-hybridized carbons (Fsp3) is 0.278. The van der Waals surface area contributed by atoms with Crippen molar-refractivity contribution in [3.05, 3.63) is 69.8 Å². The average molecular weight is 378 g/mol. The van der Waals surface area contributed by atoms with Gasteiger partial charge < -0.3 is 15.4 Å². The molecule has 0 aliphatic heterocycles. The van der Waals surface area contributed by atoms with Gasteiger partial charge in [-0.3, -0.25) is 10.1 Å². The van der Waals surface area contributed by atoms with Crippen molar-refractivity contribution in [3.63, 3.8) is 0 Å². The molecule has 2 rings (SSSR count). The molecule has 9 heteroatoms. The highest BCUT2D eigenvalue weighted by Crippen LogP contribution is 2.21. The number of nitro groups is 1. The Bertz CT molecular complexity index is 800. The van der Waals surface area contributed by atoms with Crippen LogP contribution in [0.25, 0.3) is 0 Å². The molecular formula is C18H20F2N4O3. The van der Waals surface area contributed by atoms with Gasteiger partial charge in [0.2, 0.25) is 0 Å². The van der Waals surface area contributed by atoms with Crippen LogP contribution in [0.4, 0.5) is 14.5 Å². The van der Waals surface area contributed by atoms with Gasteiger partial charge in [0.05, 0.1) is 11.5 Å². The number of nitro benzene ring substituents is 1. The van der Waals surface area contributed by atoms with Crippen molar-refractivity contribution in [2.24, 2.45) is 4.99 Å². The Hall–Kier alpha value is -3.23. The molecule has 0 unspecified atom stereocenters. The van der Waals surface area contributed by atoms with E-state index in [-0.39, 0.29) is 24.5 Å². The zero-order valence-electron chi connectivity index (χ0n) is 14.7. The minimum absolute atomic E-state index is 0.0107. The van der Waals surface area contributed by atoms with Crippen LogP contribution in [0, 0.1) is 10.1 Å². The Morgan fingerprint density at radius 1 is 1.15 bits per heavy atom. The van der Waals surface area contributed by atoms with Crippen LogP contribution in [0.15, 0.2) is 53.5 Å². The molecule has 2 aromatic rings. The van der Waals surface area contributed by atoms with Crippen LogP contribution in [0.2, 0.25) is 0 Å². The SMILES string of the molecule is CCNC(=NCc1ccccc1OC(F)F)NCc1ccccc1[N+](=O)[O-]. The smallest absolute Gasteiger partial charge is 0.387 e.